The molecule has 0 radical (unpaired) electrons. The summed E-state index contributed by atoms with van der Waals surface area (Å²) >= 11 is 0. The molecule has 1 aliphatic heterocycles. The Kier molecular flexibility index (Phi) is 5.83. The first-order valence-corrected chi connectivity index (χ1v) is 8.50. The fraction of sp³-hybridized carbons (Fsp3) is 0.684. The van der Waals surface area contributed by atoms with Gasteiger partial charge in [0.15, 0.2) is 0 Å². The Labute approximate surface area is 130 Å². The van der Waals surface area contributed by atoms with Crippen LogP contribution in [0.2, 0.25) is 0 Å². The van der Waals surface area contributed by atoms with Crippen LogP contribution in [0.15, 0.2) is 18.2 Å². The van der Waals surface area contributed by atoms with Crippen molar-refractivity contribution in [2.24, 2.45) is 5.92 Å². The molecule has 1 fully saturated rings. The lowest BCUT2D eigenvalue weighted by Crippen LogP contribution is -2.35. The minimum absolute atomic E-state index is 0.469. The summed E-state index contributed by atoms with van der Waals surface area (Å²) in [6, 6.07) is 8.18. The molecule has 0 saturated carbocycles. The molecule has 2 rings (SSSR count). The highest BCUT2D eigenvalue weighted by atomic mass is 15.2. The van der Waals surface area contributed by atoms with Crippen LogP contribution in [0.5, 0.6) is 0 Å². The van der Waals surface area contributed by atoms with E-state index in [2.05, 4.69) is 63.2 Å². The third-order valence-electron chi connectivity index (χ3n) is 4.88. The lowest BCUT2D eigenvalue weighted by molar-refractivity contribution is 0.197. The maximum Gasteiger partial charge on any atom is 0.0329 e. The van der Waals surface area contributed by atoms with Crippen LogP contribution in [0.25, 0.3) is 0 Å². The Morgan fingerprint density at radius 1 is 1.19 bits per heavy atom. The van der Waals surface area contributed by atoms with Gasteiger partial charge in [0.2, 0.25) is 0 Å². The molecule has 2 heteroatoms. The molecule has 1 N–H and O–H groups in total. The van der Waals surface area contributed by atoms with E-state index in [-0.39, 0.29) is 0 Å². The van der Waals surface area contributed by atoms with Crippen molar-refractivity contribution in [2.45, 2.75) is 59.0 Å². The highest BCUT2D eigenvalue weighted by Gasteiger charge is 2.27. The minimum Gasteiger partial charge on any atom is -0.313 e. The molecular formula is C19H32N2. The molecule has 0 bridgehead atoms. The summed E-state index contributed by atoms with van der Waals surface area (Å²) in [6.07, 6.45) is 3.95. The lowest BCUT2D eigenvalue weighted by Gasteiger charge is -2.29. The summed E-state index contributed by atoms with van der Waals surface area (Å²) < 4.78 is 0. The first kappa shape index (κ1) is 16.5. The minimum atomic E-state index is 0.469. The number of nitrogens with one attached hydrogen (secondary N) is 1. The summed E-state index contributed by atoms with van der Waals surface area (Å²) in [6.45, 7) is 11.6. The Balaban J connectivity index is 1.99. The van der Waals surface area contributed by atoms with E-state index in [1.807, 2.05) is 0 Å². The second-order valence-corrected chi connectivity index (χ2v) is 7.04. The van der Waals surface area contributed by atoms with Gasteiger partial charge in [-0.25, -0.2) is 0 Å². The van der Waals surface area contributed by atoms with Crippen molar-refractivity contribution in [2.75, 3.05) is 20.1 Å². The van der Waals surface area contributed by atoms with E-state index in [9.17, 15) is 0 Å². The molecule has 0 aromatic heterocycles. The van der Waals surface area contributed by atoms with Crippen LogP contribution in [0.4, 0.5) is 0 Å². The van der Waals surface area contributed by atoms with Gasteiger partial charge in [-0.15, -0.1) is 0 Å². The first-order valence-electron chi connectivity index (χ1n) is 8.50. The predicted molar refractivity (Wildman–Crippen MR) is 91.8 cm³/mol. The van der Waals surface area contributed by atoms with Gasteiger partial charge >= 0.3 is 0 Å². The quantitative estimate of drug-likeness (QED) is 0.848. The number of likely N-dealkylation sites (tertiary alicyclic amines) is 1. The molecule has 2 unspecified atom stereocenters. The number of nitrogens with zero attached hydrogens (tertiary/aromatic N) is 1. The number of benzene rings is 1. The number of rotatable bonds is 6. The van der Waals surface area contributed by atoms with Gasteiger partial charge in [-0.1, -0.05) is 43.2 Å². The van der Waals surface area contributed by atoms with Gasteiger partial charge in [-0.2, -0.15) is 0 Å². The highest BCUT2D eigenvalue weighted by Crippen LogP contribution is 2.26. The van der Waals surface area contributed by atoms with Gasteiger partial charge in [0.05, 0.1) is 0 Å². The molecule has 21 heavy (non-hydrogen) atoms. The second kappa shape index (κ2) is 7.42. The Hall–Kier alpha value is -0.860. The van der Waals surface area contributed by atoms with Gasteiger partial charge in [0.1, 0.15) is 0 Å². The average Bonchev–Trinajstić information content (AvgIpc) is 2.87. The monoisotopic (exact) mass is 288 g/mol. The van der Waals surface area contributed by atoms with E-state index in [0.717, 1.165) is 12.0 Å². The van der Waals surface area contributed by atoms with Crippen molar-refractivity contribution >= 4 is 0 Å². The molecule has 1 saturated heterocycles. The Bertz CT molecular complexity index is 433. The van der Waals surface area contributed by atoms with Crippen LogP contribution >= 0.6 is 0 Å². The molecule has 1 aliphatic rings. The molecular weight excluding hydrogens is 256 g/mol. The molecule has 1 heterocycles. The smallest absolute Gasteiger partial charge is 0.0329 e. The van der Waals surface area contributed by atoms with Crippen LogP contribution in [0.3, 0.4) is 0 Å². The van der Waals surface area contributed by atoms with Crippen molar-refractivity contribution in [1.82, 2.24) is 10.2 Å². The molecule has 1 aromatic rings. The first-order chi connectivity index (χ1) is 10.0. The van der Waals surface area contributed by atoms with E-state index in [0.29, 0.717) is 6.04 Å². The average molecular weight is 288 g/mol. The van der Waals surface area contributed by atoms with Gasteiger partial charge in [0, 0.05) is 18.6 Å². The van der Waals surface area contributed by atoms with Gasteiger partial charge in [-0.3, -0.25) is 0 Å². The third kappa shape index (κ3) is 4.31. The SMILES string of the molecule is CNC(CCN1CCCC1C(C)C)c1cc(C)cc(C)c1. The molecule has 1 aromatic carbocycles. The second-order valence-electron chi connectivity index (χ2n) is 7.04. The summed E-state index contributed by atoms with van der Waals surface area (Å²) in [5, 5.41) is 3.51. The van der Waals surface area contributed by atoms with Crippen molar-refractivity contribution in [1.29, 1.82) is 0 Å². The van der Waals surface area contributed by atoms with Crippen molar-refractivity contribution in [3.63, 3.8) is 0 Å². The van der Waals surface area contributed by atoms with Gasteiger partial charge in [-0.05, 0) is 58.2 Å². The van der Waals surface area contributed by atoms with E-state index < -0.39 is 0 Å². The Morgan fingerprint density at radius 3 is 2.43 bits per heavy atom. The largest absolute Gasteiger partial charge is 0.313 e. The van der Waals surface area contributed by atoms with Crippen molar-refractivity contribution in [3.05, 3.63) is 34.9 Å². The van der Waals surface area contributed by atoms with E-state index in [1.165, 1.54) is 49.0 Å². The van der Waals surface area contributed by atoms with Crippen LogP contribution in [-0.4, -0.2) is 31.1 Å². The molecule has 118 valence electrons. The highest BCUT2D eigenvalue weighted by molar-refractivity contribution is 5.30. The fourth-order valence-corrected chi connectivity index (χ4v) is 3.87. The maximum atomic E-state index is 3.51. The summed E-state index contributed by atoms with van der Waals surface area (Å²) in [7, 11) is 2.09. The molecule has 2 atom stereocenters. The zero-order valence-corrected chi connectivity index (χ0v) is 14.4. The van der Waals surface area contributed by atoms with Gasteiger partial charge < -0.3 is 10.2 Å². The zero-order valence-electron chi connectivity index (χ0n) is 14.4. The number of hydrogen-bond donors (Lipinski definition) is 1. The van der Waals surface area contributed by atoms with Crippen LogP contribution < -0.4 is 5.32 Å². The zero-order chi connectivity index (χ0) is 15.4. The standard InChI is InChI=1S/C19H32N2/c1-14(2)19-7-6-9-21(19)10-8-18(20-5)17-12-15(3)11-16(4)13-17/h11-14,18-20H,6-10H2,1-5H3. The lowest BCUT2D eigenvalue weighted by atomic mass is 9.98. The fourth-order valence-electron chi connectivity index (χ4n) is 3.87. The molecule has 0 aliphatic carbocycles. The Morgan fingerprint density at radius 2 is 1.86 bits per heavy atom. The normalized spacial score (nSPS) is 21.1. The summed E-state index contributed by atoms with van der Waals surface area (Å²) in [5.41, 5.74) is 4.17. The number of aryl methyl sites for hydroxylation is 2. The van der Waals surface area contributed by atoms with Crippen LogP contribution in [-0.2, 0) is 0 Å². The summed E-state index contributed by atoms with van der Waals surface area (Å²) in [5.74, 6) is 0.779. The van der Waals surface area contributed by atoms with Crippen LogP contribution in [0.1, 0.15) is 55.8 Å². The molecule has 0 amide bonds. The molecule has 2 nitrogen and oxygen atoms in total. The topological polar surface area (TPSA) is 15.3 Å². The van der Waals surface area contributed by atoms with E-state index in [4.69, 9.17) is 0 Å². The predicted octanol–water partition coefficient (Wildman–Crippen LogP) is 4.07. The molecule has 0 spiro atoms. The maximum absolute atomic E-state index is 3.51. The summed E-state index contributed by atoms with van der Waals surface area (Å²) in [4.78, 5) is 2.71. The third-order valence-corrected chi connectivity index (χ3v) is 4.88. The van der Waals surface area contributed by atoms with Crippen LogP contribution in [0, 0.1) is 19.8 Å². The van der Waals surface area contributed by atoms with E-state index >= 15 is 0 Å². The van der Waals surface area contributed by atoms with Crippen molar-refractivity contribution in [3.8, 4) is 0 Å². The van der Waals surface area contributed by atoms with Gasteiger partial charge in [0.25, 0.3) is 0 Å². The van der Waals surface area contributed by atoms with E-state index in [1.54, 1.807) is 0 Å². The van der Waals surface area contributed by atoms with Crippen molar-refractivity contribution < 1.29 is 0 Å². The number of hydrogen-bond acceptors (Lipinski definition) is 2.